The summed E-state index contributed by atoms with van der Waals surface area (Å²) in [6, 6.07) is 5.20. The molecule has 0 aliphatic carbocycles. The van der Waals surface area contributed by atoms with Crippen LogP contribution in [-0.4, -0.2) is 32.7 Å². The summed E-state index contributed by atoms with van der Waals surface area (Å²) in [5.41, 5.74) is 0.0434. The maximum absolute atomic E-state index is 11.4. The number of pyridine rings is 1. The molecule has 0 fully saturated rings. The second-order valence-corrected chi connectivity index (χ2v) is 4.00. The van der Waals surface area contributed by atoms with E-state index in [1.165, 1.54) is 0 Å². The van der Waals surface area contributed by atoms with E-state index in [1.54, 1.807) is 29.1 Å². The van der Waals surface area contributed by atoms with Crippen molar-refractivity contribution in [2.24, 2.45) is 0 Å². The molecule has 0 saturated carbocycles. The van der Waals surface area contributed by atoms with Gasteiger partial charge in [-0.2, -0.15) is 0 Å². The Hall–Kier alpha value is -1.95. The normalized spacial score (nSPS) is 10.7. The summed E-state index contributed by atoms with van der Waals surface area (Å²) in [5.74, 6) is 0. The van der Waals surface area contributed by atoms with E-state index >= 15 is 0 Å². The maximum atomic E-state index is 11.4. The molecule has 2 rings (SSSR count). The lowest BCUT2D eigenvalue weighted by atomic mass is 10.4. The van der Waals surface area contributed by atoms with Crippen molar-refractivity contribution >= 4 is 0 Å². The van der Waals surface area contributed by atoms with E-state index in [0.717, 1.165) is 26.1 Å². The lowest BCUT2D eigenvalue weighted by molar-refractivity contribution is 0.515. The molecule has 0 amide bonds. The van der Waals surface area contributed by atoms with E-state index in [2.05, 4.69) is 15.6 Å². The first-order valence-corrected chi connectivity index (χ1v) is 6.06. The number of hydrogen-bond acceptors (Lipinski definition) is 4. The summed E-state index contributed by atoms with van der Waals surface area (Å²) in [5, 5.41) is 10.9. The minimum atomic E-state index is 0.0434. The molecule has 0 bridgehead atoms. The molecular formula is C12H17N5O. The average molecular weight is 247 g/mol. The minimum Gasteiger partial charge on any atom is -0.315 e. The molecule has 0 spiro atoms. The van der Waals surface area contributed by atoms with E-state index in [9.17, 15) is 4.79 Å². The Bertz CT molecular complexity index is 505. The first kappa shape index (κ1) is 12.5. The molecule has 0 aromatic carbocycles. The standard InChI is InChI=1S/C12H17N5O/c18-12-4-1-2-8-16(12)10-6-13-5-3-9-17-11-7-14-15-17/h1-2,4,7-8,11,13H,3,5-6,9-10H2. The van der Waals surface area contributed by atoms with Crippen LogP contribution in [-0.2, 0) is 13.1 Å². The summed E-state index contributed by atoms with van der Waals surface area (Å²) in [6.45, 7) is 3.25. The van der Waals surface area contributed by atoms with E-state index in [1.807, 2.05) is 16.9 Å². The molecule has 0 aliphatic rings. The number of hydrogen-bond donors (Lipinski definition) is 1. The van der Waals surface area contributed by atoms with Gasteiger partial charge in [0.15, 0.2) is 0 Å². The highest BCUT2D eigenvalue weighted by atomic mass is 16.1. The van der Waals surface area contributed by atoms with Crippen molar-refractivity contribution in [1.82, 2.24) is 24.9 Å². The van der Waals surface area contributed by atoms with Crippen molar-refractivity contribution in [3.05, 3.63) is 47.1 Å². The Morgan fingerprint density at radius 2 is 2.11 bits per heavy atom. The third-order valence-corrected chi connectivity index (χ3v) is 2.64. The summed E-state index contributed by atoms with van der Waals surface area (Å²) in [6.07, 6.45) is 6.32. The highest BCUT2D eigenvalue weighted by molar-refractivity contribution is 4.93. The van der Waals surface area contributed by atoms with Gasteiger partial charge in [0, 0.05) is 38.1 Å². The van der Waals surface area contributed by atoms with Crippen LogP contribution >= 0.6 is 0 Å². The largest absolute Gasteiger partial charge is 0.315 e. The zero-order valence-electron chi connectivity index (χ0n) is 10.2. The van der Waals surface area contributed by atoms with Crippen molar-refractivity contribution in [2.75, 3.05) is 13.1 Å². The van der Waals surface area contributed by atoms with Crippen LogP contribution in [0.5, 0.6) is 0 Å². The quantitative estimate of drug-likeness (QED) is 0.706. The second-order valence-electron chi connectivity index (χ2n) is 4.00. The Morgan fingerprint density at radius 3 is 2.89 bits per heavy atom. The molecule has 0 unspecified atom stereocenters. The van der Waals surface area contributed by atoms with Gasteiger partial charge in [0.25, 0.3) is 5.56 Å². The Kier molecular flexibility index (Phi) is 4.66. The number of nitrogens with one attached hydrogen (secondary N) is 1. The van der Waals surface area contributed by atoms with Gasteiger partial charge in [0.1, 0.15) is 0 Å². The summed E-state index contributed by atoms with van der Waals surface area (Å²) >= 11 is 0. The van der Waals surface area contributed by atoms with E-state index in [0.29, 0.717) is 6.54 Å². The molecule has 2 aromatic rings. The molecular weight excluding hydrogens is 230 g/mol. The molecule has 6 nitrogen and oxygen atoms in total. The van der Waals surface area contributed by atoms with Crippen molar-refractivity contribution < 1.29 is 0 Å². The summed E-state index contributed by atoms with van der Waals surface area (Å²) < 4.78 is 3.51. The minimum absolute atomic E-state index is 0.0434. The van der Waals surface area contributed by atoms with Crippen molar-refractivity contribution in [3.63, 3.8) is 0 Å². The predicted molar refractivity (Wildman–Crippen MR) is 68.2 cm³/mol. The topological polar surface area (TPSA) is 64.7 Å². The molecule has 2 heterocycles. The number of nitrogens with zero attached hydrogens (tertiary/aromatic N) is 4. The Morgan fingerprint density at radius 1 is 1.17 bits per heavy atom. The van der Waals surface area contributed by atoms with Gasteiger partial charge < -0.3 is 9.88 Å². The molecule has 0 atom stereocenters. The fourth-order valence-corrected chi connectivity index (χ4v) is 1.69. The van der Waals surface area contributed by atoms with E-state index < -0.39 is 0 Å². The van der Waals surface area contributed by atoms with E-state index in [4.69, 9.17) is 0 Å². The fourth-order valence-electron chi connectivity index (χ4n) is 1.69. The van der Waals surface area contributed by atoms with Gasteiger partial charge in [-0.25, -0.2) is 0 Å². The van der Waals surface area contributed by atoms with Crippen molar-refractivity contribution in [1.29, 1.82) is 0 Å². The molecule has 0 radical (unpaired) electrons. The maximum Gasteiger partial charge on any atom is 0.250 e. The van der Waals surface area contributed by atoms with Crippen molar-refractivity contribution in [3.8, 4) is 0 Å². The smallest absolute Gasteiger partial charge is 0.250 e. The first-order valence-electron chi connectivity index (χ1n) is 6.06. The van der Waals surface area contributed by atoms with Crippen LogP contribution in [0.3, 0.4) is 0 Å². The van der Waals surface area contributed by atoms with Gasteiger partial charge in [0.05, 0.1) is 6.20 Å². The van der Waals surface area contributed by atoms with Crippen molar-refractivity contribution in [2.45, 2.75) is 19.5 Å². The zero-order chi connectivity index (χ0) is 12.6. The average Bonchev–Trinajstić information content (AvgIpc) is 2.89. The monoisotopic (exact) mass is 247 g/mol. The lowest BCUT2D eigenvalue weighted by Crippen LogP contribution is -2.27. The van der Waals surface area contributed by atoms with Crippen LogP contribution in [0.15, 0.2) is 41.6 Å². The van der Waals surface area contributed by atoms with Crippen LogP contribution in [0.2, 0.25) is 0 Å². The molecule has 0 saturated heterocycles. The number of aromatic nitrogens is 4. The Labute approximate surface area is 105 Å². The van der Waals surface area contributed by atoms with Crippen LogP contribution in [0.25, 0.3) is 0 Å². The predicted octanol–water partition coefficient (Wildman–Crippen LogP) is 0.120. The number of aryl methyl sites for hydroxylation is 1. The molecule has 18 heavy (non-hydrogen) atoms. The molecule has 6 heteroatoms. The van der Waals surface area contributed by atoms with Gasteiger partial charge in [-0.15, -0.1) is 5.10 Å². The Balaban J connectivity index is 1.59. The van der Waals surface area contributed by atoms with E-state index in [-0.39, 0.29) is 5.56 Å². The van der Waals surface area contributed by atoms with Gasteiger partial charge in [0.2, 0.25) is 0 Å². The van der Waals surface area contributed by atoms with Gasteiger partial charge in [-0.3, -0.25) is 9.48 Å². The van der Waals surface area contributed by atoms with Crippen LogP contribution in [0.4, 0.5) is 0 Å². The molecule has 0 aliphatic heterocycles. The third-order valence-electron chi connectivity index (χ3n) is 2.64. The lowest BCUT2D eigenvalue weighted by Gasteiger charge is -2.06. The summed E-state index contributed by atoms with van der Waals surface area (Å²) in [4.78, 5) is 11.4. The fraction of sp³-hybridized carbons (Fsp3) is 0.417. The third kappa shape index (κ3) is 3.81. The highest BCUT2D eigenvalue weighted by Gasteiger charge is 1.94. The van der Waals surface area contributed by atoms with Gasteiger partial charge in [-0.1, -0.05) is 11.3 Å². The highest BCUT2D eigenvalue weighted by Crippen LogP contribution is 1.86. The van der Waals surface area contributed by atoms with Crippen LogP contribution in [0.1, 0.15) is 6.42 Å². The van der Waals surface area contributed by atoms with Gasteiger partial charge >= 0.3 is 0 Å². The summed E-state index contributed by atoms with van der Waals surface area (Å²) in [7, 11) is 0. The first-order chi connectivity index (χ1) is 8.86. The van der Waals surface area contributed by atoms with Crippen LogP contribution < -0.4 is 10.9 Å². The molecule has 96 valence electrons. The molecule has 2 aromatic heterocycles. The number of rotatable bonds is 7. The molecule has 1 N–H and O–H groups in total. The van der Waals surface area contributed by atoms with Gasteiger partial charge in [-0.05, 0) is 19.0 Å². The SMILES string of the molecule is O=c1ccccn1CCNCCCn1ccnn1. The van der Waals surface area contributed by atoms with Crippen LogP contribution in [0, 0.1) is 0 Å². The zero-order valence-corrected chi connectivity index (χ0v) is 10.2. The second kappa shape index (κ2) is 6.70.